The van der Waals surface area contributed by atoms with Crippen LogP contribution in [0, 0.1) is 31.0 Å². The minimum absolute atomic E-state index is 0.00156. The van der Waals surface area contributed by atoms with Gasteiger partial charge in [0, 0.05) is 11.6 Å². The summed E-state index contributed by atoms with van der Waals surface area (Å²) in [5, 5.41) is 9.15. The minimum atomic E-state index is -2.39. The van der Waals surface area contributed by atoms with Crippen molar-refractivity contribution in [3.63, 3.8) is 0 Å². The summed E-state index contributed by atoms with van der Waals surface area (Å²) in [4.78, 5) is 15.4. The molecule has 0 aliphatic rings. The molecule has 1 N–H and O–H groups in total. The van der Waals surface area contributed by atoms with Crippen LogP contribution in [-0.4, -0.2) is 17.6 Å². The van der Waals surface area contributed by atoms with Crippen LogP contribution in [0.5, 0.6) is 0 Å². The van der Waals surface area contributed by atoms with Crippen molar-refractivity contribution in [2.24, 2.45) is 0 Å². The van der Waals surface area contributed by atoms with Crippen LogP contribution in [0.4, 0.5) is 4.39 Å². The van der Waals surface area contributed by atoms with Gasteiger partial charge >= 0.3 is 13.8 Å². The molecule has 8 heteroatoms. The van der Waals surface area contributed by atoms with E-state index in [1.54, 1.807) is 26.0 Å². The predicted octanol–water partition coefficient (Wildman–Crippen LogP) is 5.07. The minimum Gasteiger partial charge on any atom is -0.461 e. The predicted molar refractivity (Wildman–Crippen MR) is 117 cm³/mol. The van der Waals surface area contributed by atoms with E-state index in [1.165, 1.54) is 18.2 Å². The van der Waals surface area contributed by atoms with Gasteiger partial charge in [-0.2, -0.15) is 5.26 Å². The number of hydrogen-bond acceptors (Lipinski definition) is 4. The number of ether oxygens (including phenoxy) is 1. The maximum Gasteiger partial charge on any atom is 0.418 e. The Kier molecular flexibility index (Phi) is 6.36. The Morgan fingerprint density at radius 2 is 2.10 bits per heavy atom. The number of nitrogens with zero attached hydrogens (tertiary/aromatic N) is 1. The monoisotopic (exact) mass is 443 g/mol. The van der Waals surface area contributed by atoms with Gasteiger partial charge in [0.05, 0.1) is 28.6 Å². The smallest absolute Gasteiger partial charge is 0.418 e. The largest absolute Gasteiger partial charge is 0.461 e. The fourth-order valence-electron chi connectivity index (χ4n) is 3.26. The topological polar surface area (TPSA) is 83.0 Å². The number of aryl methyl sites for hydroxylation is 1. The molecule has 0 saturated heterocycles. The SMILES string of the molecule is CCOC(=O)c1[nH]c2ccc(Cl)c(F)c2c1[P+](=O)c1cc(C)cc(C=CC#N)c1C. The summed E-state index contributed by atoms with van der Waals surface area (Å²) in [5.41, 5.74) is 2.43. The molecule has 1 unspecified atom stereocenters. The van der Waals surface area contributed by atoms with Gasteiger partial charge in [-0.1, -0.05) is 22.2 Å². The summed E-state index contributed by atoms with van der Waals surface area (Å²) in [6.07, 6.45) is 2.95. The number of aromatic nitrogens is 1. The summed E-state index contributed by atoms with van der Waals surface area (Å²) >= 11 is 5.96. The van der Waals surface area contributed by atoms with E-state index < -0.39 is 19.6 Å². The molecule has 0 saturated carbocycles. The highest BCUT2D eigenvalue weighted by Gasteiger charge is 2.38. The van der Waals surface area contributed by atoms with E-state index in [0.29, 0.717) is 21.9 Å². The highest BCUT2D eigenvalue weighted by molar-refractivity contribution is 7.62. The average molecular weight is 444 g/mol. The average Bonchev–Trinajstić information content (AvgIpc) is 3.11. The highest BCUT2D eigenvalue weighted by atomic mass is 35.5. The molecule has 1 aromatic heterocycles. The summed E-state index contributed by atoms with van der Waals surface area (Å²) in [6, 6.07) is 8.41. The molecule has 0 radical (unpaired) electrons. The second-order valence-corrected chi connectivity index (χ2v) is 8.53. The van der Waals surface area contributed by atoms with Crippen molar-refractivity contribution >= 4 is 53.0 Å². The van der Waals surface area contributed by atoms with Gasteiger partial charge in [0.2, 0.25) is 5.30 Å². The Hall–Kier alpha value is -3.00. The molecule has 5 nitrogen and oxygen atoms in total. The van der Waals surface area contributed by atoms with E-state index in [9.17, 15) is 13.8 Å². The normalized spacial score (nSPS) is 11.7. The second-order valence-electron chi connectivity index (χ2n) is 6.61. The third kappa shape index (κ3) is 3.87. The zero-order valence-corrected chi connectivity index (χ0v) is 18.2. The van der Waals surface area contributed by atoms with E-state index in [4.69, 9.17) is 21.6 Å². The van der Waals surface area contributed by atoms with Crippen LogP contribution in [-0.2, 0) is 9.30 Å². The third-order valence-electron chi connectivity index (χ3n) is 4.63. The van der Waals surface area contributed by atoms with Crippen molar-refractivity contribution in [2.45, 2.75) is 20.8 Å². The van der Waals surface area contributed by atoms with E-state index in [-0.39, 0.29) is 28.0 Å². The van der Waals surface area contributed by atoms with Crippen LogP contribution in [0.3, 0.4) is 0 Å². The van der Waals surface area contributed by atoms with Gasteiger partial charge in [0.15, 0.2) is 16.8 Å². The first-order chi connectivity index (χ1) is 14.3. The van der Waals surface area contributed by atoms with Crippen molar-refractivity contribution < 1.29 is 18.5 Å². The third-order valence-corrected chi connectivity index (χ3v) is 6.68. The number of nitriles is 1. The number of fused-ring (bicyclic) bond motifs is 1. The molecular formula is C22H18ClFN2O3P+. The lowest BCUT2D eigenvalue weighted by molar-refractivity contribution is 0.0522. The van der Waals surface area contributed by atoms with Crippen LogP contribution < -0.4 is 10.6 Å². The van der Waals surface area contributed by atoms with E-state index in [2.05, 4.69) is 4.98 Å². The number of halogens is 2. The maximum atomic E-state index is 14.9. The molecule has 152 valence electrons. The molecule has 3 aromatic rings. The first-order valence-electron chi connectivity index (χ1n) is 9.11. The van der Waals surface area contributed by atoms with Gasteiger partial charge in [0.1, 0.15) is 0 Å². The van der Waals surface area contributed by atoms with E-state index in [1.807, 2.05) is 19.1 Å². The van der Waals surface area contributed by atoms with Gasteiger partial charge in [-0.25, -0.2) is 9.18 Å². The number of esters is 1. The fraction of sp³-hybridized carbons (Fsp3) is 0.182. The van der Waals surface area contributed by atoms with Crippen LogP contribution in [0.1, 0.15) is 34.1 Å². The first kappa shape index (κ1) is 21.7. The number of nitrogens with one attached hydrogen (secondary N) is 1. The van der Waals surface area contributed by atoms with Gasteiger partial charge in [-0.05, 0) is 56.2 Å². The van der Waals surface area contributed by atoms with E-state index in [0.717, 1.165) is 5.56 Å². The maximum absolute atomic E-state index is 14.9. The molecule has 30 heavy (non-hydrogen) atoms. The summed E-state index contributed by atoms with van der Waals surface area (Å²) in [6.45, 7) is 5.35. The number of benzene rings is 2. The lowest BCUT2D eigenvalue weighted by Crippen LogP contribution is -2.19. The molecule has 0 spiro atoms. The number of hydrogen-bond donors (Lipinski definition) is 1. The van der Waals surface area contributed by atoms with Gasteiger partial charge in [0.25, 0.3) is 0 Å². The molecule has 1 heterocycles. The molecule has 2 aromatic carbocycles. The Bertz CT molecular complexity index is 1260. The molecule has 3 rings (SSSR count). The number of carbonyl (C=O) groups is 1. The van der Waals surface area contributed by atoms with Crippen molar-refractivity contribution in [1.29, 1.82) is 5.26 Å². The fourth-order valence-corrected chi connectivity index (χ4v) is 5.18. The second kappa shape index (κ2) is 8.79. The van der Waals surface area contributed by atoms with Crippen molar-refractivity contribution in [1.82, 2.24) is 4.98 Å². The van der Waals surface area contributed by atoms with Crippen molar-refractivity contribution in [3.8, 4) is 6.07 Å². The van der Waals surface area contributed by atoms with Crippen LogP contribution in [0.15, 0.2) is 30.3 Å². The van der Waals surface area contributed by atoms with Crippen molar-refractivity contribution in [3.05, 3.63) is 63.6 Å². The zero-order chi connectivity index (χ0) is 22.0. The number of rotatable bonds is 5. The molecule has 0 aliphatic heterocycles. The summed E-state index contributed by atoms with van der Waals surface area (Å²) < 4.78 is 33.8. The Labute approximate surface area is 178 Å². The molecule has 1 atom stereocenters. The Morgan fingerprint density at radius 1 is 1.37 bits per heavy atom. The van der Waals surface area contributed by atoms with E-state index >= 15 is 0 Å². The molecule has 0 aliphatic carbocycles. The van der Waals surface area contributed by atoms with Crippen molar-refractivity contribution in [2.75, 3.05) is 6.61 Å². The lowest BCUT2D eigenvalue weighted by Gasteiger charge is -2.04. The number of carbonyl (C=O) groups excluding carboxylic acids is 1. The number of allylic oxidation sites excluding steroid dienone is 1. The van der Waals surface area contributed by atoms with Gasteiger partial charge in [-0.3, -0.25) is 0 Å². The van der Waals surface area contributed by atoms with Gasteiger partial charge < -0.3 is 9.72 Å². The standard InChI is InChI=1S/C22H17ClFN2O3P/c1-4-29-22(27)20-21(18-16(26-20)8-7-15(23)19(18)24)30(28)17-11-12(2)10-14(13(17)3)6-5-9-25/h5-8,10-11H,4H2,1-3H3/p+1. The molecule has 0 bridgehead atoms. The highest BCUT2D eigenvalue weighted by Crippen LogP contribution is 2.34. The number of aromatic amines is 1. The lowest BCUT2D eigenvalue weighted by atomic mass is 10.1. The summed E-state index contributed by atoms with van der Waals surface area (Å²) in [5.74, 6) is -1.48. The van der Waals surface area contributed by atoms with Crippen LogP contribution in [0.2, 0.25) is 5.02 Å². The van der Waals surface area contributed by atoms with Crippen LogP contribution in [0.25, 0.3) is 17.0 Å². The zero-order valence-electron chi connectivity index (χ0n) is 16.5. The Morgan fingerprint density at radius 3 is 2.77 bits per heavy atom. The quantitative estimate of drug-likeness (QED) is 0.339. The van der Waals surface area contributed by atoms with Crippen LogP contribution >= 0.6 is 19.4 Å². The number of H-pyrrole nitrogens is 1. The summed E-state index contributed by atoms with van der Waals surface area (Å²) in [7, 11) is -2.39. The molecule has 0 amide bonds. The molecular weight excluding hydrogens is 426 g/mol. The van der Waals surface area contributed by atoms with Gasteiger partial charge in [-0.15, -0.1) is 0 Å². The Balaban J connectivity index is 2.32. The molecule has 0 fully saturated rings. The first-order valence-corrected chi connectivity index (χ1v) is 10.7.